The number of rotatable bonds is 4. The van der Waals surface area contributed by atoms with E-state index in [2.05, 4.69) is 16.2 Å². The maximum atomic E-state index is 13.1. The summed E-state index contributed by atoms with van der Waals surface area (Å²) in [6.07, 6.45) is -0.837. The maximum absolute atomic E-state index is 13.1. The molecule has 1 N–H and O–H groups in total. The van der Waals surface area contributed by atoms with Gasteiger partial charge < -0.3 is 0 Å². The van der Waals surface area contributed by atoms with Gasteiger partial charge in [-0.2, -0.15) is 0 Å². The Balaban J connectivity index is 1.84. The molecule has 4 rings (SSSR count). The predicted molar refractivity (Wildman–Crippen MR) is 109 cm³/mol. The fourth-order valence-corrected chi connectivity index (χ4v) is 6.08. The van der Waals surface area contributed by atoms with Crippen molar-refractivity contribution in [3.05, 3.63) is 65.9 Å². The first-order valence-corrected chi connectivity index (χ1v) is 11.8. The second-order valence-electron chi connectivity index (χ2n) is 6.20. The van der Waals surface area contributed by atoms with Gasteiger partial charge in [-0.15, -0.1) is 0 Å². The zero-order valence-corrected chi connectivity index (χ0v) is 18.0. The van der Waals surface area contributed by atoms with Crippen molar-refractivity contribution in [1.82, 2.24) is 14.6 Å². The molecule has 2 aromatic carbocycles. The minimum atomic E-state index is -4.38. The van der Waals surface area contributed by atoms with Crippen LogP contribution in [0.3, 0.4) is 0 Å². The van der Waals surface area contributed by atoms with Gasteiger partial charge in [-0.1, -0.05) is 0 Å². The first kappa shape index (κ1) is 19.7. The van der Waals surface area contributed by atoms with E-state index in [1.807, 2.05) is 30.5 Å². The van der Waals surface area contributed by atoms with Gasteiger partial charge in [0, 0.05) is 0 Å². The molecular formula is C20H14AsF3N4S. The number of nitrogens with one attached hydrogen (secondary N) is 1. The van der Waals surface area contributed by atoms with Gasteiger partial charge in [0.1, 0.15) is 0 Å². The molecule has 0 aliphatic carbocycles. The van der Waals surface area contributed by atoms with Gasteiger partial charge in [0.15, 0.2) is 0 Å². The summed E-state index contributed by atoms with van der Waals surface area (Å²) in [7, 11) is 0. The van der Waals surface area contributed by atoms with E-state index >= 15 is 0 Å². The Morgan fingerprint density at radius 1 is 1.17 bits per heavy atom. The molecular weight excluding hydrogens is 460 g/mol. The number of imidazole rings is 1. The van der Waals surface area contributed by atoms with E-state index in [0.717, 1.165) is 21.0 Å². The molecule has 0 amide bonds. The Labute approximate surface area is 175 Å². The molecule has 9 heteroatoms. The Morgan fingerprint density at radius 2 is 1.93 bits per heavy atom. The van der Waals surface area contributed by atoms with Gasteiger partial charge in [-0.3, -0.25) is 0 Å². The van der Waals surface area contributed by atoms with Crippen LogP contribution in [0.1, 0.15) is 11.1 Å². The van der Waals surface area contributed by atoms with Gasteiger partial charge in [0.2, 0.25) is 0 Å². The van der Waals surface area contributed by atoms with Crippen LogP contribution in [-0.2, 0) is 6.18 Å². The van der Waals surface area contributed by atoms with Gasteiger partial charge in [-0.25, -0.2) is 0 Å². The third-order valence-electron chi connectivity index (χ3n) is 4.39. The summed E-state index contributed by atoms with van der Waals surface area (Å²) in [4.78, 5) is 5.75. The zero-order valence-electron chi connectivity index (χ0n) is 15.1. The number of benzene rings is 2. The number of alkyl halides is 3. The van der Waals surface area contributed by atoms with Crippen molar-refractivity contribution in [2.24, 2.45) is 0 Å². The average molecular weight is 474 g/mol. The van der Waals surface area contributed by atoms with Crippen molar-refractivity contribution in [1.29, 1.82) is 5.26 Å². The molecule has 4 aromatic rings. The third-order valence-corrected chi connectivity index (χ3v) is 7.86. The molecule has 0 saturated heterocycles. The SMILES string of the molecule is CSc1ccc(-c2nc3c(C#N)c[nH]n3c2[AsH]c2cccc(C(F)(F)F)c2)cc1. The third kappa shape index (κ3) is 3.80. The van der Waals surface area contributed by atoms with Crippen LogP contribution >= 0.6 is 11.8 Å². The van der Waals surface area contributed by atoms with Crippen molar-refractivity contribution in [2.75, 3.05) is 6.26 Å². The number of aromatic nitrogens is 3. The Hall–Kier alpha value is -2.62. The van der Waals surface area contributed by atoms with Crippen molar-refractivity contribution in [3.8, 4) is 17.3 Å². The molecule has 0 aliphatic heterocycles. The normalized spacial score (nSPS) is 12.1. The molecule has 29 heavy (non-hydrogen) atoms. The Kier molecular flexibility index (Phi) is 5.20. The predicted octanol–water partition coefficient (Wildman–Crippen LogP) is 3.33. The topological polar surface area (TPSA) is 56.9 Å². The zero-order chi connectivity index (χ0) is 20.6. The monoisotopic (exact) mass is 474 g/mol. The molecule has 1 unspecified atom stereocenters. The molecule has 1 atom stereocenters. The number of fused-ring (bicyclic) bond motifs is 1. The number of aromatic amines is 1. The molecule has 0 bridgehead atoms. The van der Waals surface area contributed by atoms with E-state index < -0.39 is 27.5 Å². The number of hydrogen-bond donors (Lipinski definition) is 1. The quantitative estimate of drug-likeness (QED) is 0.365. The molecule has 146 valence electrons. The molecule has 2 heterocycles. The first-order chi connectivity index (χ1) is 13.9. The van der Waals surface area contributed by atoms with Crippen molar-refractivity contribution in [2.45, 2.75) is 11.1 Å². The van der Waals surface area contributed by atoms with Crippen LogP contribution in [0.15, 0.2) is 59.6 Å². The number of halogens is 3. The van der Waals surface area contributed by atoms with E-state index in [1.165, 1.54) is 12.1 Å². The molecule has 2 aromatic heterocycles. The van der Waals surface area contributed by atoms with Crippen LogP contribution in [0, 0.1) is 11.3 Å². The summed E-state index contributed by atoms with van der Waals surface area (Å²) in [5.74, 6) is 0. The second kappa shape index (κ2) is 7.66. The van der Waals surface area contributed by atoms with Gasteiger partial charge in [0.05, 0.1) is 0 Å². The summed E-state index contributed by atoms with van der Waals surface area (Å²) in [5, 5.41) is 12.4. The van der Waals surface area contributed by atoms with Crippen LogP contribution in [-0.4, -0.2) is 36.6 Å². The molecule has 0 fully saturated rings. The van der Waals surface area contributed by atoms with E-state index in [-0.39, 0.29) is 0 Å². The summed E-state index contributed by atoms with van der Waals surface area (Å²) in [6, 6.07) is 15.4. The van der Waals surface area contributed by atoms with Crippen molar-refractivity contribution < 1.29 is 13.2 Å². The van der Waals surface area contributed by atoms with E-state index in [1.54, 1.807) is 28.5 Å². The minimum absolute atomic E-state index is 0.397. The number of nitrogens with zero attached hydrogens (tertiary/aromatic N) is 3. The van der Waals surface area contributed by atoms with Crippen LogP contribution in [0.25, 0.3) is 16.9 Å². The Morgan fingerprint density at radius 3 is 2.59 bits per heavy atom. The van der Waals surface area contributed by atoms with Gasteiger partial charge >= 0.3 is 176 Å². The number of hydrogen-bond acceptors (Lipinski definition) is 3. The molecule has 0 radical (unpaired) electrons. The van der Waals surface area contributed by atoms with Crippen molar-refractivity contribution in [3.63, 3.8) is 0 Å². The fourth-order valence-electron chi connectivity index (χ4n) is 2.98. The average Bonchev–Trinajstić information content (AvgIpc) is 3.27. The number of thioether (sulfide) groups is 1. The number of H-pyrrole nitrogens is 1. The van der Waals surface area contributed by atoms with Crippen molar-refractivity contribution >= 4 is 42.0 Å². The summed E-state index contributed by atoms with van der Waals surface area (Å²) in [6.45, 7) is 0. The molecule has 4 nitrogen and oxygen atoms in total. The number of nitriles is 1. The van der Waals surface area contributed by atoms with Gasteiger partial charge in [-0.05, 0) is 0 Å². The second-order valence-corrected chi connectivity index (χ2v) is 9.81. The first-order valence-electron chi connectivity index (χ1n) is 8.49. The fraction of sp³-hybridized carbons (Fsp3) is 0.100. The summed E-state index contributed by atoms with van der Waals surface area (Å²) in [5.41, 5.74) is 1.79. The van der Waals surface area contributed by atoms with Crippen LogP contribution in [0.2, 0.25) is 0 Å². The van der Waals surface area contributed by atoms with E-state index in [4.69, 9.17) is 0 Å². The van der Waals surface area contributed by atoms with E-state index in [0.29, 0.717) is 21.3 Å². The Bertz CT molecular complexity index is 1220. The standard InChI is InChI=1S/C20H14AsF3N4S/c1-29-16-7-5-12(6-8-16)17-18(28-19(27-17)13(10-25)11-26-28)21-15-4-2-3-14(9-15)20(22,23)24/h2-9,11,21,26H,1H3. The molecule has 0 spiro atoms. The summed E-state index contributed by atoms with van der Waals surface area (Å²) >= 11 is 0.457. The van der Waals surface area contributed by atoms with Crippen LogP contribution in [0.5, 0.6) is 0 Å². The van der Waals surface area contributed by atoms with Crippen LogP contribution < -0.4 is 8.83 Å². The van der Waals surface area contributed by atoms with Gasteiger partial charge in [0.25, 0.3) is 0 Å². The summed E-state index contributed by atoms with van der Waals surface area (Å²) < 4.78 is 42.5. The molecule has 0 aliphatic rings. The molecule has 0 saturated carbocycles. The van der Waals surface area contributed by atoms with E-state index in [9.17, 15) is 18.4 Å². The van der Waals surface area contributed by atoms with Crippen LogP contribution in [0.4, 0.5) is 13.2 Å².